The van der Waals surface area contributed by atoms with Crippen LogP contribution in [0.15, 0.2) is 33.0 Å². The van der Waals surface area contributed by atoms with Crippen molar-refractivity contribution >= 4 is 32.8 Å². The van der Waals surface area contributed by atoms with Gasteiger partial charge in [-0.3, -0.25) is 42.3 Å². The predicted octanol–water partition coefficient (Wildman–Crippen LogP) is -4.26. The van der Waals surface area contributed by atoms with Gasteiger partial charge in [0, 0.05) is 12.3 Å². The minimum Gasteiger partial charge on any atom is -0.387 e. The van der Waals surface area contributed by atoms with Crippen molar-refractivity contribution in [2.75, 3.05) is 18.9 Å². The molecule has 0 aromatic carbocycles. The SMILES string of the molecule is Nc1nc2c(ncn2[C@@H]2O[C@H](COP(=O)(O)O)[C@@H](OP(=O)(O)OC[C@H]3O[C@@H](n4ccc(=O)[nH]c4=O)[C@H](O)[C@@H]3O)[C@H]2O)c(=O)[nH]1. The molecule has 0 spiro atoms. The minimum atomic E-state index is -5.25. The Morgan fingerprint density at radius 2 is 1.59 bits per heavy atom. The minimum absolute atomic E-state index is 0.184. The Bertz CT molecular complexity index is 1800. The number of ether oxygens (including phenoxy) is 2. The molecule has 0 aliphatic carbocycles. The molecule has 0 radical (unpaired) electrons. The zero-order valence-corrected chi connectivity index (χ0v) is 23.6. The summed E-state index contributed by atoms with van der Waals surface area (Å²) in [6.07, 6.45) is -11.5. The van der Waals surface area contributed by atoms with Gasteiger partial charge in [-0.1, -0.05) is 0 Å². The second-order valence-corrected chi connectivity index (χ2v) is 12.2. The first kappa shape index (κ1) is 32.2. The molecule has 0 saturated carbocycles. The van der Waals surface area contributed by atoms with Crippen molar-refractivity contribution in [3.63, 3.8) is 0 Å². The van der Waals surface area contributed by atoms with Gasteiger partial charge in [0.25, 0.3) is 11.1 Å². The number of aromatic amines is 2. The fourth-order valence-electron chi connectivity index (χ4n) is 4.59. The van der Waals surface area contributed by atoms with Gasteiger partial charge in [-0.2, -0.15) is 4.98 Å². The van der Waals surface area contributed by atoms with Gasteiger partial charge in [0.15, 0.2) is 23.6 Å². The van der Waals surface area contributed by atoms with Crippen molar-refractivity contribution in [3.05, 3.63) is 49.8 Å². The molecule has 2 saturated heterocycles. The number of anilines is 1. The van der Waals surface area contributed by atoms with Crippen molar-refractivity contribution in [2.24, 2.45) is 0 Å². The van der Waals surface area contributed by atoms with Gasteiger partial charge in [-0.15, -0.1) is 0 Å². The summed E-state index contributed by atoms with van der Waals surface area (Å²) in [5.41, 5.74) is 2.71. The van der Waals surface area contributed by atoms with E-state index in [-0.39, 0.29) is 17.1 Å². The zero-order valence-electron chi connectivity index (χ0n) is 21.8. The second-order valence-electron chi connectivity index (χ2n) is 9.52. The number of hydrogen-bond donors (Lipinski definition) is 9. The average molecular weight is 669 g/mol. The van der Waals surface area contributed by atoms with Gasteiger partial charge >= 0.3 is 21.3 Å². The van der Waals surface area contributed by atoms with Gasteiger partial charge in [0.05, 0.1) is 19.5 Å². The number of imidazole rings is 1. The van der Waals surface area contributed by atoms with Crippen LogP contribution in [0.2, 0.25) is 0 Å². The van der Waals surface area contributed by atoms with E-state index < -0.39 is 94.7 Å². The maximum absolute atomic E-state index is 12.9. The number of nitrogens with one attached hydrogen (secondary N) is 2. The largest absolute Gasteiger partial charge is 0.472 e. The standard InChI is InChI=1S/C19H25N7O16P2/c20-18-23-14-9(15(31)24-18)21-5-26(14)17-12(30)13(7(41-17)4-38-43(33,34)35)42-44(36,37)39-3-6-10(28)11(29)16(40-6)25-2-1-8(27)22-19(25)32/h1-2,5-7,10-13,16-17,28-30H,3-4H2,(H,36,37)(H,22,27,32)(H2,33,34,35)(H3,20,23,24,31)/t6-,7-,10-,11-,12-,13-,16-,17-/m1/s1. The number of nitrogen functional groups attached to an aromatic ring is 1. The molecular formula is C19H25N7O16P2. The highest BCUT2D eigenvalue weighted by Crippen LogP contribution is 2.50. The Balaban J connectivity index is 1.33. The number of aromatic nitrogens is 6. The Labute approximate surface area is 242 Å². The maximum atomic E-state index is 12.9. The first-order chi connectivity index (χ1) is 20.5. The van der Waals surface area contributed by atoms with Crippen LogP contribution in [0.1, 0.15) is 12.5 Å². The highest BCUT2D eigenvalue weighted by atomic mass is 31.2. The summed E-state index contributed by atoms with van der Waals surface area (Å²) >= 11 is 0. The van der Waals surface area contributed by atoms with Crippen LogP contribution in [0.25, 0.3) is 11.2 Å². The molecule has 3 aromatic rings. The average Bonchev–Trinajstić information content (AvgIpc) is 3.56. The molecule has 2 aliphatic rings. The van der Waals surface area contributed by atoms with Crippen LogP contribution >= 0.6 is 15.6 Å². The van der Waals surface area contributed by atoms with Gasteiger partial charge < -0.3 is 45.2 Å². The summed E-state index contributed by atoms with van der Waals surface area (Å²) in [6, 6.07) is 0.952. The van der Waals surface area contributed by atoms with Gasteiger partial charge in [-0.05, 0) is 0 Å². The summed E-state index contributed by atoms with van der Waals surface area (Å²) in [4.78, 5) is 76.1. The summed E-state index contributed by atoms with van der Waals surface area (Å²) < 4.78 is 51.4. The van der Waals surface area contributed by atoms with E-state index in [4.69, 9.17) is 34.0 Å². The van der Waals surface area contributed by atoms with E-state index in [1.807, 2.05) is 4.98 Å². The molecular weight excluding hydrogens is 644 g/mol. The van der Waals surface area contributed by atoms with E-state index in [0.29, 0.717) is 0 Å². The molecule has 23 nitrogen and oxygen atoms in total. The highest BCUT2D eigenvalue weighted by Gasteiger charge is 2.51. The highest BCUT2D eigenvalue weighted by molar-refractivity contribution is 7.47. The molecule has 0 bridgehead atoms. The molecule has 242 valence electrons. The second kappa shape index (κ2) is 12.0. The number of aliphatic hydroxyl groups excluding tert-OH is 3. The fraction of sp³-hybridized carbons (Fsp3) is 0.526. The molecule has 3 aromatic heterocycles. The van der Waals surface area contributed by atoms with Crippen molar-refractivity contribution in [1.29, 1.82) is 0 Å². The molecule has 0 amide bonds. The smallest absolute Gasteiger partial charge is 0.387 e. The number of nitrogens with zero attached hydrogens (tertiary/aromatic N) is 4. The Hall–Kier alpha value is -3.15. The summed E-state index contributed by atoms with van der Waals surface area (Å²) in [5, 5.41) is 31.7. The third-order valence-corrected chi connectivity index (χ3v) is 8.03. The quantitative estimate of drug-likeness (QED) is 0.0922. The van der Waals surface area contributed by atoms with Crippen LogP contribution in [0.5, 0.6) is 0 Å². The molecule has 2 fully saturated rings. The lowest BCUT2D eigenvalue weighted by molar-refractivity contribution is -0.0607. The van der Waals surface area contributed by atoms with Crippen LogP contribution < -0.4 is 22.5 Å². The van der Waals surface area contributed by atoms with Gasteiger partial charge in [0.2, 0.25) is 5.95 Å². The van der Waals surface area contributed by atoms with Crippen LogP contribution in [0, 0.1) is 0 Å². The van der Waals surface area contributed by atoms with Crippen LogP contribution in [-0.2, 0) is 32.2 Å². The molecule has 2 aliphatic heterocycles. The molecule has 25 heteroatoms. The molecule has 9 atom stereocenters. The van der Waals surface area contributed by atoms with E-state index >= 15 is 0 Å². The van der Waals surface area contributed by atoms with Gasteiger partial charge in [-0.25, -0.2) is 18.9 Å². The molecule has 44 heavy (non-hydrogen) atoms. The van der Waals surface area contributed by atoms with Crippen LogP contribution in [0.3, 0.4) is 0 Å². The van der Waals surface area contributed by atoms with Crippen molar-refractivity contribution < 1.29 is 62.2 Å². The van der Waals surface area contributed by atoms with Crippen molar-refractivity contribution in [3.8, 4) is 0 Å². The van der Waals surface area contributed by atoms with E-state index in [0.717, 1.165) is 27.7 Å². The fourth-order valence-corrected chi connectivity index (χ4v) is 5.90. The van der Waals surface area contributed by atoms with E-state index in [2.05, 4.69) is 19.5 Å². The monoisotopic (exact) mass is 669 g/mol. The molecule has 5 heterocycles. The summed E-state index contributed by atoms with van der Waals surface area (Å²) in [5.74, 6) is -0.326. The lowest BCUT2D eigenvalue weighted by Gasteiger charge is -2.24. The third-order valence-electron chi connectivity index (χ3n) is 6.56. The Morgan fingerprint density at radius 1 is 0.932 bits per heavy atom. The number of fused-ring (bicyclic) bond motifs is 1. The number of phosphoric ester groups is 2. The number of H-pyrrole nitrogens is 2. The number of hydrogen-bond acceptors (Lipinski definition) is 16. The van der Waals surface area contributed by atoms with Crippen LogP contribution in [-0.4, -0.2) is 109 Å². The van der Waals surface area contributed by atoms with E-state index in [1.54, 1.807) is 0 Å². The zero-order chi connectivity index (χ0) is 32.1. The lowest BCUT2D eigenvalue weighted by Crippen LogP contribution is -2.38. The van der Waals surface area contributed by atoms with Crippen molar-refractivity contribution in [1.82, 2.24) is 29.1 Å². The molecule has 10 N–H and O–H groups in total. The number of rotatable bonds is 10. The van der Waals surface area contributed by atoms with E-state index in [9.17, 15) is 43.7 Å². The number of aliphatic hydroxyl groups is 3. The number of phosphoric acid groups is 2. The van der Waals surface area contributed by atoms with E-state index in [1.165, 1.54) is 0 Å². The first-order valence-electron chi connectivity index (χ1n) is 12.3. The number of nitrogens with two attached hydrogens (primary N) is 1. The Morgan fingerprint density at radius 3 is 2.27 bits per heavy atom. The van der Waals surface area contributed by atoms with Crippen LogP contribution in [0.4, 0.5) is 5.95 Å². The van der Waals surface area contributed by atoms with Crippen molar-refractivity contribution in [2.45, 2.75) is 49.1 Å². The lowest BCUT2D eigenvalue weighted by atomic mass is 10.1. The molecule has 1 unspecified atom stereocenters. The summed E-state index contributed by atoms with van der Waals surface area (Å²) in [6.45, 7) is -1.90. The normalized spacial score (nSPS) is 30.6. The molecule has 5 rings (SSSR count). The predicted molar refractivity (Wildman–Crippen MR) is 138 cm³/mol. The topological polar surface area (TPSA) is 346 Å². The maximum Gasteiger partial charge on any atom is 0.472 e. The van der Waals surface area contributed by atoms with Gasteiger partial charge in [0.1, 0.15) is 36.6 Å². The first-order valence-corrected chi connectivity index (χ1v) is 15.3. The summed E-state index contributed by atoms with van der Waals surface area (Å²) in [7, 11) is -10.4. The third kappa shape index (κ3) is 6.60. The Kier molecular flexibility index (Phi) is 8.78.